The predicted molar refractivity (Wildman–Crippen MR) is 49.9 cm³/mol. The van der Waals surface area contributed by atoms with Crippen molar-refractivity contribution in [3.05, 3.63) is 37.0 Å². The smallest absolute Gasteiger partial charge is 0.0774 e. The van der Waals surface area contributed by atoms with E-state index in [1.165, 1.54) is 0 Å². The number of allylic oxidation sites excluding steroid dienone is 2. The minimum atomic E-state index is 0.233. The van der Waals surface area contributed by atoms with Gasteiger partial charge in [-0.2, -0.15) is 0 Å². The Labute approximate surface area is 67.8 Å². The summed E-state index contributed by atoms with van der Waals surface area (Å²) >= 11 is 0. The molecule has 1 heteroatoms. The summed E-state index contributed by atoms with van der Waals surface area (Å²) in [7, 11) is 0. The fourth-order valence-electron chi connectivity index (χ4n) is 1.16. The maximum atomic E-state index is 4.27. The van der Waals surface area contributed by atoms with Gasteiger partial charge in [-0.05, 0) is 13.0 Å². The second-order valence-corrected chi connectivity index (χ2v) is 2.51. The van der Waals surface area contributed by atoms with Crippen molar-refractivity contribution in [3.63, 3.8) is 0 Å². The number of rotatable bonds is 2. The molecule has 0 aliphatic carbocycles. The second-order valence-electron chi connectivity index (χ2n) is 2.51. The molecular formula is C10H13N. The standard InChI is InChI=1S/C10H13N/c1-3-6-9-7-5-8-11-10(9)4-2/h3-10H,2H2,1H3/b6-3-. The monoisotopic (exact) mass is 147 g/mol. The van der Waals surface area contributed by atoms with Crippen LogP contribution in [0.3, 0.4) is 0 Å². The molecule has 1 aliphatic heterocycles. The minimum Gasteiger partial charge on any atom is -0.285 e. The first-order valence-electron chi connectivity index (χ1n) is 3.84. The van der Waals surface area contributed by atoms with E-state index in [1.807, 2.05) is 31.4 Å². The van der Waals surface area contributed by atoms with Gasteiger partial charge in [0.2, 0.25) is 0 Å². The molecule has 0 aromatic heterocycles. The van der Waals surface area contributed by atoms with Gasteiger partial charge in [-0.25, -0.2) is 0 Å². The van der Waals surface area contributed by atoms with Gasteiger partial charge in [-0.1, -0.05) is 24.3 Å². The zero-order chi connectivity index (χ0) is 8.10. The van der Waals surface area contributed by atoms with Crippen molar-refractivity contribution in [1.29, 1.82) is 0 Å². The number of aliphatic imine (C=N–C) groups is 1. The number of hydrogen-bond donors (Lipinski definition) is 0. The van der Waals surface area contributed by atoms with Crippen molar-refractivity contribution in [2.45, 2.75) is 13.0 Å². The van der Waals surface area contributed by atoms with Crippen LogP contribution in [0.2, 0.25) is 0 Å². The van der Waals surface area contributed by atoms with E-state index in [0.717, 1.165) is 0 Å². The molecule has 0 spiro atoms. The lowest BCUT2D eigenvalue weighted by atomic mass is 9.97. The van der Waals surface area contributed by atoms with Crippen molar-refractivity contribution in [2.24, 2.45) is 10.9 Å². The molecular weight excluding hydrogens is 134 g/mol. The molecule has 1 heterocycles. The highest BCUT2D eigenvalue weighted by atomic mass is 14.8. The van der Waals surface area contributed by atoms with Crippen molar-refractivity contribution in [1.82, 2.24) is 0 Å². The van der Waals surface area contributed by atoms with E-state index in [9.17, 15) is 0 Å². The average molecular weight is 147 g/mol. The first-order valence-corrected chi connectivity index (χ1v) is 3.84. The maximum absolute atomic E-state index is 4.27. The predicted octanol–water partition coefficient (Wildman–Crippen LogP) is 2.37. The molecule has 1 rings (SSSR count). The van der Waals surface area contributed by atoms with Crippen molar-refractivity contribution in [3.8, 4) is 0 Å². The van der Waals surface area contributed by atoms with Crippen LogP contribution in [0.5, 0.6) is 0 Å². The van der Waals surface area contributed by atoms with Crippen LogP contribution < -0.4 is 0 Å². The third kappa shape index (κ3) is 1.90. The maximum Gasteiger partial charge on any atom is 0.0774 e. The lowest BCUT2D eigenvalue weighted by molar-refractivity contribution is 0.691. The van der Waals surface area contributed by atoms with Gasteiger partial charge in [0.15, 0.2) is 0 Å². The number of nitrogens with zero attached hydrogens (tertiary/aromatic N) is 1. The van der Waals surface area contributed by atoms with Crippen molar-refractivity contribution in [2.75, 3.05) is 0 Å². The zero-order valence-corrected chi connectivity index (χ0v) is 6.77. The molecule has 0 aromatic rings. The molecule has 0 bridgehead atoms. The van der Waals surface area contributed by atoms with Gasteiger partial charge in [-0.3, -0.25) is 4.99 Å². The molecule has 0 fully saturated rings. The topological polar surface area (TPSA) is 12.4 Å². The molecule has 1 nitrogen and oxygen atoms in total. The van der Waals surface area contributed by atoms with E-state index < -0.39 is 0 Å². The Hall–Kier alpha value is -1.11. The molecule has 0 radical (unpaired) electrons. The van der Waals surface area contributed by atoms with Gasteiger partial charge in [0, 0.05) is 12.1 Å². The minimum absolute atomic E-state index is 0.233. The Bertz CT molecular complexity index is 211. The Balaban J connectivity index is 2.70. The largest absolute Gasteiger partial charge is 0.285 e. The Kier molecular flexibility index (Phi) is 2.84. The molecule has 0 saturated carbocycles. The molecule has 0 amide bonds. The fourth-order valence-corrected chi connectivity index (χ4v) is 1.16. The van der Waals surface area contributed by atoms with Crippen LogP contribution >= 0.6 is 0 Å². The van der Waals surface area contributed by atoms with Crippen LogP contribution in [-0.4, -0.2) is 12.3 Å². The third-order valence-corrected chi connectivity index (χ3v) is 1.73. The summed E-state index contributed by atoms with van der Waals surface area (Å²) in [5.74, 6) is 0.405. The van der Waals surface area contributed by atoms with Crippen molar-refractivity contribution < 1.29 is 0 Å². The summed E-state index contributed by atoms with van der Waals surface area (Å²) in [6.45, 7) is 5.76. The highest BCUT2D eigenvalue weighted by Crippen LogP contribution is 2.15. The summed E-state index contributed by atoms with van der Waals surface area (Å²) in [6, 6.07) is 0.233. The highest BCUT2D eigenvalue weighted by Gasteiger charge is 2.12. The molecule has 1 aliphatic rings. The average Bonchev–Trinajstić information content (AvgIpc) is 2.06. The van der Waals surface area contributed by atoms with Crippen LogP contribution in [0, 0.1) is 5.92 Å². The number of dihydropyridines is 1. The summed E-state index contributed by atoms with van der Waals surface area (Å²) < 4.78 is 0. The van der Waals surface area contributed by atoms with E-state index in [4.69, 9.17) is 0 Å². The lowest BCUT2D eigenvalue weighted by Gasteiger charge is -2.16. The number of hydrogen-bond acceptors (Lipinski definition) is 1. The first-order chi connectivity index (χ1) is 5.38. The normalized spacial score (nSPS) is 29.5. The van der Waals surface area contributed by atoms with Gasteiger partial charge >= 0.3 is 0 Å². The Morgan fingerprint density at radius 2 is 2.36 bits per heavy atom. The van der Waals surface area contributed by atoms with Crippen molar-refractivity contribution >= 4 is 6.21 Å². The molecule has 0 saturated heterocycles. The van der Waals surface area contributed by atoms with Gasteiger partial charge in [-0.15, -0.1) is 6.58 Å². The Morgan fingerprint density at radius 3 is 3.00 bits per heavy atom. The first kappa shape index (κ1) is 7.99. The van der Waals surface area contributed by atoms with E-state index in [-0.39, 0.29) is 6.04 Å². The summed E-state index contributed by atoms with van der Waals surface area (Å²) in [6.07, 6.45) is 12.0. The van der Waals surface area contributed by atoms with E-state index in [2.05, 4.69) is 23.7 Å². The summed E-state index contributed by atoms with van der Waals surface area (Å²) in [5.41, 5.74) is 0. The molecule has 58 valence electrons. The van der Waals surface area contributed by atoms with Crippen LogP contribution in [0.25, 0.3) is 0 Å². The van der Waals surface area contributed by atoms with Crippen LogP contribution in [-0.2, 0) is 0 Å². The summed E-state index contributed by atoms with van der Waals surface area (Å²) in [5, 5.41) is 0. The molecule has 2 unspecified atom stereocenters. The van der Waals surface area contributed by atoms with Crippen LogP contribution in [0.4, 0.5) is 0 Å². The SMILES string of the molecule is C=CC1N=CC=CC1/C=C\C. The molecule has 0 aromatic carbocycles. The zero-order valence-electron chi connectivity index (χ0n) is 6.77. The van der Waals surface area contributed by atoms with Gasteiger partial charge < -0.3 is 0 Å². The lowest BCUT2D eigenvalue weighted by Crippen LogP contribution is -2.14. The molecule has 0 N–H and O–H groups in total. The quantitative estimate of drug-likeness (QED) is 0.532. The van der Waals surface area contributed by atoms with E-state index in [0.29, 0.717) is 5.92 Å². The third-order valence-electron chi connectivity index (χ3n) is 1.73. The Morgan fingerprint density at radius 1 is 1.55 bits per heavy atom. The van der Waals surface area contributed by atoms with Gasteiger partial charge in [0.05, 0.1) is 6.04 Å². The molecule has 11 heavy (non-hydrogen) atoms. The summed E-state index contributed by atoms with van der Waals surface area (Å²) in [4.78, 5) is 4.27. The molecule has 2 atom stereocenters. The van der Waals surface area contributed by atoms with Gasteiger partial charge in [0.25, 0.3) is 0 Å². The van der Waals surface area contributed by atoms with E-state index >= 15 is 0 Å². The highest BCUT2D eigenvalue weighted by molar-refractivity contribution is 5.72. The van der Waals surface area contributed by atoms with Gasteiger partial charge in [0.1, 0.15) is 0 Å². The van der Waals surface area contributed by atoms with Crippen LogP contribution in [0.1, 0.15) is 6.92 Å². The second kappa shape index (κ2) is 3.91. The van der Waals surface area contributed by atoms with Crippen LogP contribution in [0.15, 0.2) is 42.0 Å². The fraction of sp³-hybridized carbons (Fsp3) is 0.300. The van der Waals surface area contributed by atoms with E-state index in [1.54, 1.807) is 0 Å².